The smallest absolute Gasteiger partial charge is 0.0697 e. The highest BCUT2D eigenvalue weighted by Gasteiger charge is 1.95. The zero-order valence-electron chi connectivity index (χ0n) is 5.45. The van der Waals surface area contributed by atoms with Crippen molar-refractivity contribution in [3.05, 3.63) is 0 Å². The summed E-state index contributed by atoms with van der Waals surface area (Å²) in [5, 5.41) is 0. The predicted octanol–water partition coefficient (Wildman–Crippen LogP) is 2.62. The molecular weight excluding hydrogens is 246 g/mol. The monoisotopic (exact) mass is 257 g/mol. The molecule has 0 aliphatic rings. The van der Waals surface area contributed by atoms with Gasteiger partial charge in [0.2, 0.25) is 0 Å². The van der Waals surface area contributed by atoms with Crippen LogP contribution in [-0.4, -0.2) is 10.3 Å². The minimum Gasteiger partial charge on any atom is -0.330 e. The lowest BCUT2D eigenvalue weighted by molar-refractivity contribution is 0.674. The van der Waals surface area contributed by atoms with Gasteiger partial charge in [-0.15, -0.1) is 0 Å². The molecule has 3 heteroatoms. The van der Waals surface area contributed by atoms with E-state index in [0.29, 0.717) is 3.74 Å². The third-order valence-electron chi connectivity index (χ3n) is 1.13. The van der Waals surface area contributed by atoms with Gasteiger partial charge >= 0.3 is 0 Å². The third-order valence-corrected chi connectivity index (χ3v) is 2.04. The molecule has 0 aliphatic heterocycles. The minimum absolute atomic E-state index is 0.489. The van der Waals surface area contributed by atoms with Gasteiger partial charge in [0.05, 0.1) is 3.74 Å². The molecule has 0 unspecified atom stereocenters. The van der Waals surface area contributed by atoms with E-state index < -0.39 is 0 Å². The molecule has 0 atom stereocenters. The fourth-order valence-corrected chi connectivity index (χ4v) is 1.27. The van der Waals surface area contributed by atoms with Crippen LogP contribution in [0.3, 0.4) is 0 Å². The Labute approximate surface area is 73.6 Å². The number of hydrogen-bond acceptors (Lipinski definition) is 1. The van der Waals surface area contributed by atoms with Crippen LogP contribution in [-0.2, 0) is 0 Å². The fraction of sp³-hybridized carbons (Fsp3) is 1.00. The van der Waals surface area contributed by atoms with E-state index in [2.05, 4.69) is 31.9 Å². The highest BCUT2D eigenvalue weighted by atomic mass is 79.9. The van der Waals surface area contributed by atoms with Gasteiger partial charge in [-0.1, -0.05) is 44.7 Å². The summed E-state index contributed by atoms with van der Waals surface area (Å²) in [4.78, 5) is 0. The molecule has 0 saturated heterocycles. The van der Waals surface area contributed by atoms with Gasteiger partial charge in [0.15, 0.2) is 0 Å². The Hall–Kier alpha value is 0.920. The van der Waals surface area contributed by atoms with E-state index in [1.54, 1.807) is 0 Å². The largest absolute Gasteiger partial charge is 0.330 e. The first kappa shape index (κ1) is 9.92. The van der Waals surface area contributed by atoms with Gasteiger partial charge in [0, 0.05) is 0 Å². The van der Waals surface area contributed by atoms with Crippen molar-refractivity contribution >= 4 is 31.9 Å². The van der Waals surface area contributed by atoms with Crippen molar-refractivity contribution in [2.45, 2.75) is 29.4 Å². The number of alkyl halides is 2. The Balaban J connectivity index is 2.75. The van der Waals surface area contributed by atoms with Crippen molar-refractivity contribution in [1.29, 1.82) is 0 Å². The van der Waals surface area contributed by atoms with Crippen molar-refractivity contribution in [2.24, 2.45) is 5.73 Å². The van der Waals surface area contributed by atoms with Crippen LogP contribution >= 0.6 is 31.9 Å². The molecule has 9 heavy (non-hydrogen) atoms. The van der Waals surface area contributed by atoms with Crippen LogP contribution < -0.4 is 5.73 Å². The van der Waals surface area contributed by atoms with Crippen molar-refractivity contribution in [2.75, 3.05) is 6.54 Å². The highest BCUT2D eigenvalue weighted by Crippen LogP contribution is 2.15. The van der Waals surface area contributed by atoms with Crippen molar-refractivity contribution in [3.63, 3.8) is 0 Å². The molecule has 0 aromatic heterocycles. The molecule has 0 aromatic rings. The molecule has 0 radical (unpaired) electrons. The maximum Gasteiger partial charge on any atom is 0.0697 e. The van der Waals surface area contributed by atoms with Gasteiger partial charge in [-0.05, 0) is 19.4 Å². The lowest BCUT2D eigenvalue weighted by Gasteiger charge is -1.99. The second-order valence-electron chi connectivity index (χ2n) is 2.03. The van der Waals surface area contributed by atoms with Gasteiger partial charge in [-0.3, -0.25) is 0 Å². The van der Waals surface area contributed by atoms with Crippen molar-refractivity contribution < 1.29 is 0 Å². The van der Waals surface area contributed by atoms with Gasteiger partial charge < -0.3 is 5.73 Å². The summed E-state index contributed by atoms with van der Waals surface area (Å²) >= 11 is 6.82. The Morgan fingerprint density at radius 1 is 1.11 bits per heavy atom. The highest BCUT2D eigenvalue weighted by molar-refractivity contribution is 9.24. The van der Waals surface area contributed by atoms with Crippen molar-refractivity contribution in [1.82, 2.24) is 0 Å². The topological polar surface area (TPSA) is 26.0 Å². The normalized spacial score (nSPS) is 10.7. The predicted molar refractivity (Wildman–Crippen MR) is 49.2 cm³/mol. The molecule has 1 nitrogen and oxygen atoms in total. The maximum absolute atomic E-state index is 5.32. The van der Waals surface area contributed by atoms with Crippen LogP contribution in [0.15, 0.2) is 0 Å². The van der Waals surface area contributed by atoms with E-state index >= 15 is 0 Å². The second kappa shape index (κ2) is 7.03. The molecule has 56 valence electrons. The molecular formula is C6H13Br2N. The fourth-order valence-electron chi connectivity index (χ4n) is 0.620. The Kier molecular flexibility index (Phi) is 7.75. The summed E-state index contributed by atoms with van der Waals surface area (Å²) < 4.78 is 0.489. The van der Waals surface area contributed by atoms with Crippen LogP contribution in [0, 0.1) is 0 Å². The Bertz CT molecular complexity index is 57.0. The summed E-state index contributed by atoms with van der Waals surface area (Å²) in [6.07, 6.45) is 4.87. The molecule has 0 aliphatic carbocycles. The van der Waals surface area contributed by atoms with Crippen LogP contribution in [0.25, 0.3) is 0 Å². The van der Waals surface area contributed by atoms with Crippen molar-refractivity contribution in [3.8, 4) is 0 Å². The van der Waals surface area contributed by atoms with Gasteiger partial charge in [0.1, 0.15) is 0 Å². The van der Waals surface area contributed by atoms with E-state index in [0.717, 1.165) is 13.0 Å². The Morgan fingerprint density at radius 3 is 2.22 bits per heavy atom. The zero-order valence-corrected chi connectivity index (χ0v) is 8.62. The molecule has 0 amide bonds. The van der Waals surface area contributed by atoms with Crippen LogP contribution in [0.1, 0.15) is 25.7 Å². The second-order valence-corrected chi connectivity index (χ2v) is 5.47. The standard InChI is InChI=1S/C6H13Br2N/c7-6(8)4-2-1-3-5-9/h6H,1-5,9H2. The Morgan fingerprint density at radius 2 is 1.78 bits per heavy atom. The average Bonchev–Trinajstić information content (AvgIpc) is 1.80. The average molecular weight is 259 g/mol. The minimum atomic E-state index is 0.489. The summed E-state index contributed by atoms with van der Waals surface area (Å²) in [6.45, 7) is 0.829. The lowest BCUT2D eigenvalue weighted by Crippen LogP contribution is -1.98. The number of rotatable bonds is 5. The van der Waals surface area contributed by atoms with Crippen LogP contribution in [0.2, 0.25) is 0 Å². The number of nitrogens with two attached hydrogens (primary N) is 1. The summed E-state index contributed by atoms with van der Waals surface area (Å²) in [7, 11) is 0. The number of hydrogen-bond donors (Lipinski definition) is 1. The van der Waals surface area contributed by atoms with E-state index in [4.69, 9.17) is 5.73 Å². The van der Waals surface area contributed by atoms with E-state index in [9.17, 15) is 0 Å². The molecule has 0 aromatic carbocycles. The molecule has 0 saturated carbocycles. The molecule has 0 fully saturated rings. The van der Waals surface area contributed by atoms with Gasteiger partial charge in [-0.2, -0.15) is 0 Å². The molecule has 0 bridgehead atoms. The summed E-state index contributed by atoms with van der Waals surface area (Å²) in [5.74, 6) is 0. The maximum atomic E-state index is 5.32. The van der Waals surface area contributed by atoms with Crippen LogP contribution in [0.5, 0.6) is 0 Å². The van der Waals surface area contributed by atoms with Gasteiger partial charge in [-0.25, -0.2) is 0 Å². The molecule has 0 rings (SSSR count). The summed E-state index contributed by atoms with van der Waals surface area (Å²) in [5.41, 5.74) is 5.32. The third kappa shape index (κ3) is 8.92. The first-order chi connectivity index (χ1) is 4.27. The first-order valence-electron chi connectivity index (χ1n) is 3.25. The first-order valence-corrected chi connectivity index (χ1v) is 5.08. The van der Waals surface area contributed by atoms with E-state index in [-0.39, 0.29) is 0 Å². The molecule has 0 heterocycles. The summed E-state index contributed by atoms with van der Waals surface area (Å²) in [6, 6.07) is 0. The lowest BCUT2D eigenvalue weighted by atomic mass is 10.2. The zero-order chi connectivity index (χ0) is 7.11. The quantitative estimate of drug-likeness (QED) is 0.596. The van der Waals surface area contributed by atoms with E-state index in [1.165, 1.54) is 19.3 Å². The molecule has 0 spiro atoms. The van der Waals surface area contributed by atoms with E-state index in [1.807, 2.05) is 0 Å². The number of unbranched alkanes of at least 4 members (excludes halogenated alkanes) is 2. The SMILES string of the molecule is NCCCCCC(Br)Br. The van der Waals surface area contributed by atoms with Gasteiger partial charge in [0.25, 0.3) is 0 Å². The molecule has 2 N–H and O–H groups in total. The van der Waals surface area contributed by atoms with Crippen LogP contribution in [0.4, 0.5) is 0 Å². The number of halogens is 2.